The molecule has 0 unspecified atom stereocenters. The number of ether oxygens (including phenoxy) is 3. The van der Waals surface area contributed by atoms with Gasteiger partial charge in [0.25, 0.3) is 0 Å². The fourth-order valence-electron chi connectivity index (χ4n) is 2.60. The fourth-order valence-corrected chi connectivity index (χ4v) is 2.60. The fraction of sp³-hybridized carbons (Fsp3) is 0.176. The van der Waals surface area contributed by atoms with Gasteiger partial charge in [-0.25, -0.2) is 9.59 Å². The van der Waals surface area contributed by atoms with Gasteiger partial charge in [-0.2, -0.15) is 0 Å². The molecule has 0 saturated heterocycles. The SMILES string of the molecule is COc1cc(C(=O)O)c(-c2c(C(=O)O)ccc(O)c2OC)c(OC)c1O. The molecule has 9 nitrogen and oxygen atoms in total. The molecule has 2 aromatic rings. The normalized spacial score (nSPS) is 10.3. The molecule has 0 saturated carbocycles. The van der Waals surface area contributed by atoms with E-state index in [1.165, 1.54) is 21.3 Å². The Hall–Kier alpha value is -3.62. The summed E-state index contributed by atoms with van der Waals surface area (Å²) < 4.78 is 15.1. The number of methoxy groups -OCH3 is 3. The van der Waals surface area contributed by atoms with Gasteiger partial charge in [0.15, 0.2) is 23.0 Å². The van der Waals surface area contributed by atoms with Gasteiger partial charge >= 0.3 is 11.9 Å². The number of phenols is 2. The standard InChI is InChI=1S/C17H16O9/c1-24-10-6-8(17(22)23)12(15(26-3)13(10)19)11-7(16(20)21)4-5-9(18)14(11)25-2/h4-6,18-19H,1-3H3,(H,20,21)(H,22,23). The Morgan fingerprint density at radius 1 is 0.808 bits per heavy atom. The van der Waals surface area contributed by atoms with Crippen molar-refractivity contribution in [2.24, 2.45) is 0 Å². The van der Waals surface area contributed by atoms with E-state index in [-0.39, 0.29) is 33.9 Å². The Labute approximate surface area is 147 Å². The molecule has 0 aliphatic rings. The number of benzene rings is 2. The van der Waals surface area contributed by atoms with Gasteiger partial charge < -0.3 is 34.6 Å². The molecule has 0 amide bonds. The Kier molecular flexibility index (Phi) is 5.11. The van der Waals surface area contributed by atoms with E-state index in [9.17, 15) is 30.0 Å². The van der Waals surface area contributed by atoms with Crippen molar-refractivity contribution in [2.45, 2.75) is 0 Å². The lowest BCUT2D eigenvalue weighted by molar-refractivity contribution is 0.0683. The molecule has 0 aromatic heterocycles. The van der Waals surface area contributed by atoms with Crippen LogP contribution in [-0.4, -0.2) is 53.7 Å². The number of rotatable bonds is 6. The second kappa shape index (κ2) is 7.09. The van der Waals surface area contributed by atoms with Crippen molar-refractivity contribution in [3.63, 3.8) is 0 Å². The van der Waals surface area contributed by atoms with E-state index in [4.69, 9.17) is 14.2 Å². The third-order valence-electron chi connectivity index (χ3n) is 3.70. The molecule has 0 heterocycles. The van der Waals surface area contributed by atoms with Crippen LogP contribution in [0, 0.1) is 0 Å². The number of hydrogen-bond donors (Lipinski definition) is 4. The molecule has 26 heavy (non-hydrogen) atoms. The van der Waals surface area contributed by atoms with Gasteiger partial charge in [0.05, 0.1) is 32.5 Å². The molecule has 0 spiro atoms. The summed E-state index contributed by atoms with van der Waals surface area (Å²) >= 11 is 0. The van der Waals surface area contributed by atoms with Gasteiger partial charge in [-0.05, 0) is 18.2 Å². The zero-order valence-corrected chi connectivity index (χ0v) is 14.1. The monoisotopic (exact) mass is 364 g/mol. The van der Waals surface area contributed by atoms with Crippen LogP contribution >= 0.6 is 0 Å². The van der Waals surface area contributed by atoms with E-state index < -0.39 is 29.0 Å². The number of aromatic hydroxyl groups is 2. The maximum Gasteiger partial charge on any atom is 0.336 e. The minimum atomic E-state index is -1.43. The summed E-state index contributed by atoms with van der Waals surface area (Å²) in [6.45, 7) is 0. The van der Waals surface area contributed by atoms with Crippen molar-refractivity contribution in [3.8, 4) is 39.9 Å². The maximum atomic E-state index is 11.8. The van der Waals surface area contributed by atoms with E-state index in [0.717, 1.165) is 18.2 Å². The molecule has 138 valence electrons. The van der Waals surface area contributed by atoms with Crippen LogP contribution in [0.15, 0.2) is 18.2 Å². The van der Waals surface area contributed by atoms with Crippen molar-refractivity contribution in [2.75, 3.05) is 21.3 Å². The largest absolute Gasteiger partial charge is 0.504 e. The van der Waals surface area contributed by atoms with E-state index >= 15 is 0 Å². The van der Waals surface area contributed by atoms with Gasteiger partial charge in [0.1, 0.15) is 0 Å². The minimum absolute atomic E-state index is 0.181. The third-order valence-corrected chi connectivity index (χ3v) is 3.70. The van der Waals surface area contributed by atoms with Crippen LogP contribution in [0.4, 0.5) is 0 Å². The molecule has 0 fully saturated rings. The first-order chi connectivity index (χ1) is 12.3. The molecule has 2 aromatic carbocycles. The highest BCUT2D eigenvalue weighted by Gasteiger charge is 2.30. The molecular weight excluding hydrogens is 348 g/mol. The first kappa shape index (κ1) is 18.7. The summed E-state index contributed by atoms with van der Waals surface area (Å²) in [4.78, 5) is 23.4. The number of carboxylic acids is 2. The van der Waals surface area contributed by atoms with E-state index in [0.29, 0.717) is 0 Å². The van der Waals surface area contributed by atoms with E-state index in [1.807, 2.05) is 0 Å². The zero-order valence-electron chi connectivity index (χ0n) is 14.1. The van der Waals surface area contributed by atoms with Crippen molar-refractivity contribution in [3.05, 3.63) is 29.3 Å². The minimum Gasteiger partial charge on any atom is -0.504 e. The number of hydrogen-bond acceptors (Lipinski definition) is 7. The van der Waals surface area contributed by atoms with Crippen LogP contribution in [0.1, 0.15) is 20.7 Å². The van der Waals surface area contributed by atoms with Crippen LogP contribution < -0.4 is 14.2 Å². The summed E-state index contributed by atoms with van der Waals surface area (Å²) in [6.07, 6.45) is 0. The van der Waals surface area contributed by atoms with Crippen LogP contribution in [0.25, 0.3) is 11.1 Å². The molecule has 2 rings (SSSR count). The summed E-state index contributed by atoms with van der Waals surface area (Å²) in [5, 5.41) is 39.4. The second-order valence-corrected chi connectivity index (χ2v) is 5.03. The molecule has 9 heteroatoms. The van der Waals surface area contributed by atoms with Gasteiger partial charge in [-0.3, -0.25) is 0 Å². The Bertz CT molecular complexity index is 887. The molecule has 0 atom stereocenters. The zero-order chi connectivity index (χ0) is 19.6. The van der Waals surface area contributed by atoms with Crippen LogP contribution in [0.5, 0.6) is 28.7 Å². The maximum absolute atomic E-state index is 11.8. The number of phenolic OH excluding ortho intramolecular Hbond substituents is 2. The summed E-state index contributed by atoms with van der Waals surface area (Å²) in [6, 6.07) is 3.20. The average molecular weight is 364 g/mol. The summed E-state index contributed by atoms with van der Waals surface area (Å²) in [5.74, 6) is -4.58. The lowest BCUT2D eigenvalue weighted by Crippen LogP contribution is -2.08. The van der Waals surface area contributed by atoms with Crippen molar-refractivity contribution in [1.29, 1.82) is 0 Å². The lowest BCUT2D eigenvalue weighted by Gasteiger charge is -2.20. The van der Waals surface area contributed by atoms with Crippen LogP contribution in [-0.2, 0) is 0 Å². The van der Waals surface area contributed by atoms with Gasteiger partial charge in [-0.1, -0.05) is 0 Å². The van der Waals surface area contributed by atoms with Gasteiger partial charge in [0.2, 0.25) is 5.75 Å². The van der Waals surface area contributed by atoms with Crippen LogP contribution in [0.3, 0.4) is 0 Å². The topological polar surface area (TPSA) is 143 Å². The predicted octanol–water partition coefficient (Wildman–Crippen LogP) is 2.19. The van der Waals surface area contributed by atoms with Crippen molar-refractivity contribution >= 4 is 11.9 Å². The summed E-state index contributed by atoms with van der Waals surface area (Å²) in [5.41, 5.74) is -1.30. The second-order valence-electron chi connectivity index (χ2n) is 5.03. The quantitative estimate of drug-likeness (QED) is 0.606. The summed E-state index contributed by atoms with van der Waals surface area (Å²) in [7, 11) is 3.57. The Morgan fingerprint density at radius 2 is 1.35 bits per heavy atom. The van der Waals surface area contributed by atoms with Gasteiger partial charge in [0, 0.05) is 11.1 Å². The molecule has 0 radical (unpaired) electrons. The van der Waals surface area contributed by atoms with Gasteiger partial charge in [-0.15, -0.1) is 0 Å². The van der Waals surface area contributed by atoms with Crippen molar-refractivity contribution in [1.82, 2.24) is 0 Å². The molecule has 4 N–H and O–H groups in total. The highest BCUT2D eigenvalue weighted by atomic mass is 16.5. The average Bonchev–Trinajstić information content (AvgIpc) is 2.60. The third kappa shape index (κ3) is 2.90. The van der Waals surface area contributed by atoms with Crippen LogP contribution in [0.2, 0.25) is 0 Å². The number of aromatic carboxylic acids is 2. The first-order valence-corrected chi connectivity index (χ1v) is 7.13. The highest BCUT2D eigenvalue weighted by molar-refractivity contribution is 6.07. The predicted molar refractivity (Wildman–Crippen MR) is 88.8 cm³/mol. The van der Waals surface area contributed by atoms with E-state index in [2.05, 4.69) is 0 Å². The number of carboxylic acid groups (broad SMARTS) is 2. The Morgan fingerprint density at radius 3 is 1.81 bits per heavy atom. The van der Waals surface area contributed by atoms with Crippen molar-refractivity contribution < 1.29 is 44.2 Å². The molecular formula is C17H16O9. The lowest BCUT2D eigenvalue weighted by atomic mass is 9.92. The molecule has 0 aliphatic carbocycles. The molecule has 0 bridgehead atoms. The van der Waals surface area contributed by atoms with E-state index in [1.54, 1.807) is 0 Å². The molecule has 0 aliphatic heterocycles. The smallest absolute Gasteiger partial charge is 0.336 e. The Balaban J connectivity index is 3.10. The highest BCUT2D eigenvalue weighted by Crippen LogP contribution is 2.51. The number of carbonyl (C=O) groups is 2. The first-order valence-electron chi connectivity index (χ1n) is 7.13.